The molecule has 0 spiro atoms. The van der Waals surface area contributed by atoms with Crippen molar-refractivity contribution < 1.29 is 0 Å². The van der Waals surface area contributed by atoms with Crippen LogP contribution in [0.1, 0.15) is 65.6 Å². The van der Waals surface area contributed by atoms with Gasteiger partial charge < -0.3 is 4.90 Å². The summed E-state index contributed by atoms with van der Waals surface area (Å²) < 4.78 is 0. The molecule has 0 aliphatic carbocycles. The molecule has 3 nitrogen and oxygen atoms in total. The van der Waals surface area contributed by atoms with Gasteiger partial charge in [0.05, 0.1) is 11.1 Å². The minimum absolute atomic E-state index is 0.125. The van der Waals surface area contributed by atoms with Crippen LogP contribution in [-0.2, 0) is 5.41 Å². The van der Waals surface area contributed by atoms with Crippen LogP contribution < -0.4 is 4.90 Å². The first-order chi connectivity index (χ1) is 17.8. The molecule has 0 fully saturated rings. The summed E-state index contributed by atoms with van der Waals surface area (Å²) in [7, 11) is 0. The standard InChI is InChI=1S/C34H29N3/c1-21-5-9-25-28(15-21)30(19-35)26-10-8-23(16-29(26)31(25)20-36)6-7-24-17-27-22(2)11-13-37-14-12-34(3,4)32(18-24)33(27)37/h5-10,15-18H,2,11-14H2,1,3-4H3. The van der Waals surface area contributed by atoms with Crippen LogP contribution in [-0.4, -0.2) is 13.1 Å². The van der Waals surface area contributed by atoms with E-state index in [2.05, 4.69) is 61.7 Å². The van der Waals surface area contributed by atoms with Gasteiger partial charge in [-0.2, -0.15) is 10.5 Å². The van der Waals surface area contributed by atoms with E-state index in [9.17, 15) is 10.5 Å². The molecule has 4 aromatic carbocycles. The Labute approximate surface area is 218 Å². The second kappa shape index (κ2) is 8.36. The van der Waals surface area contributed by atoms with Crippen molar-refractivity contribution in [2.75, 3.05) is 18.0 Å². The number of hydrogen-bond donors (Lipinski definition) is 0. The van der Waals surface area contributed by atoms with Gasteiger partial charge in [0.15, 0.2) is 0 Å². The largest absolute Gasteiger partial charge is 0.370 e. The number of nitriles is 2. The highest BCUT2D eigenvalue weighted by Gasteiger charge is 2.35. The topological polar surface area (TPSA) is 50.8 Å². The summed E-state index contributed by atoms with van der Waals surface area (Å²) in [6, 6.07) is 21.4. The minimum Gasteiger partial charge on any atom is -0.370 e. The number of fused-ring (bicyclic) bond motifs is 2. The fraction of sp³-hybridized carbons (Fsp3) is 0.235. The third-order valence-electron chi connectivity index (χ3n) is 8.24. The lowest BCUT2D eigenvalue weighted by Crippen LogP contribution is -2.40. The van der Waals surface area contributed by atoms with Gasteiger partial charge in [-0.25, -0.2) is 0 Å². The molecule has 180 valence electrons. The van der Waals surface area contributed by atoms with E-state index in [4.69, 9.17) is 0 Å². The van der Waals surface area contributed by atoms with E-state index in [1.807, 2.05) is 43.3 Å². The van der Waals surface area contributed by atoms with E-state index in [1.54, 1.807) is 0 Å². The van der Waals surface area contributed by atoms with Gasteiger partial charge in [-0.05, 0) is 65.6 Å². The smallest absolute Gasteiger partial charge is 0.100 e. The lowest BCUT2D eigenvalue weighted by atomic mass is 9.74. The van der Waals surface area contributed by atoms with E-state index in [0.717, 1.165) is 58.6 Å². The summed E-state index contributed by atoms with van der Waals surface area (Å²) in [5.41, 5.74) is 9.90. The highest BCUT2D eigenvalue weighted by Crippen LogP contribution is 2.47. The monoisotopic (exact) mass is 479 g/mol. The van der Waals surface area contributed by atoms with Crippen LogP contribution in [0.25, 0.3) is 39.3 Å². The molecule has 0 amide bonds. The van der Waals surface area contributed by atoms with Gasteiger partial charge in [-0.15, -0.1) is 0 Å². The van der Waals surface area contributed by atoms with Crippen LogP contribution in [0.3, 0.4) is 0 Å². The first-order valence-corrected chi connectivity index (χ1v) is 12.9. The summed E-state index contributed by atoms with van der Waals surface area (Å²) >= 11 is 0. The second-order valence-electron chi connectivity index (χ2n) is 11.1. The molecule has 0 saturated heterocycles. The van der Waals surface area contributed by atoms with Gasteiger partial charge in [0.2, 0.25) is 0 Å². The molecule has 3 heteroatoms. The van der Waals surface area contributed by atoms with Gasteiger partial charge >= 0.3 is 0 Å². The molecule has 2 heterocycles. The maximum Gasteiger partial charge on any atom is 0.100 e. The molecule has 0 unspecified atom stereocenters. The van der Waals surface area contributed by atoms with E-state index < -0.39 is 0 Å². The highest BCUT2D eigenvalue weighted by molar-refractivity contribution is 6.10. The van der Waals surface area contributed by atoms with E-state index in [1.165, 1.54) is 28.0 Å². The molecular formula is C34H29N3. The highest BCUT2D eigenvalue weighted by atomic mass is 15.1. The maximum absolute atomic E-state index is 10.1. The molecule has 0 aromatic heterocycles. The predicted molar refractivity (Wildman–Crippen MR) is 154 cm³/mol. The average molecular weight is 480 g/mol. The summed E-state index contributed by atoms with van der Waals surface area (Å²) in [5, 5.41) is 23.4. The molecule has 2 aliphatic heterocycles. The summed E-state index contributed by atoms with van der Waals surface area (Å²) in [4.78, 5) is 2.53. The Kier molecular flexibility index (Phi) is 5.22. The third-order valence-corrected chi connectivity index (χ3v) is 8.24. The van der Waals surface area contributed by atoms with Crippen molar-refractivity contribution in [1.29, 1.82) is 10.5 Å². The Morgan fingerprint density at radius 2 is 1.51 bits per heavy atom. The van der Waals surface area contributed by atoms with Gasteiger partial charge in [-0.1, -0.05) is 68.5 Å². The second-order valence-corrected chi connectivity index (χ2v) is 11.1. The number of benzene rings is 4. The number of nitrogens with zero attached hydrogens (tertiary/aromatic N) is 3. The first-order valence-electron chi connectivity index (χ1n) is 12.9. The Balaban J connectivity index is 1.49. The van der Waals surface area contributed by atoms with E-state index in [0.29, 0.717) is 11.1 Å². The molecule has 0 bridgehead atoms. The Hall–Kier alpha value is -4.34. The first kappa shape index (κ1) is 23.1. The van der Waals surface area contributed by atoms with E-state index in [-0.39, 0.29) is 5.41 Å². The third kappa shape index (κ3) is 3.62. The van der Waals surface area contributed by atoms with Crippen LogP contribution in [0.2, 0.25) is 0 Å². The number of rotatable bonds is 2. The fourth-order valence-electron chi connectivity index (χ4n) is 6.07. The van der Waals surface area contributed by atoms with Crippen molar-refractivity contribution in [3.05, 3.63) is 94.1 Å². The minimum atomic E-state index is 0.125. The molecule has 0 N–H and O–H groups in total. The quantitative estimate of drug-likeness (QED) is 0.215. The number of anilines is 1. The number of aryl methyl sites for hydroxylation is 1. The zero-order valence-corrected chi connectivity index (χ0v) is 21.7. The van der Waals surface area contributed by atoms with Crippen molar-refractivity contribution in [2.24, 2.45) is 0 Å². The lowest BCUT2D eigenvalue weighted by Gasteiger charge is -2.44. The lowest BCUT2D eigenvalue weighted by molar-refractivity contribution is 0.452. The van der Waals surface area contributed by atoms with Gasteiger partial charge in [-0.3, -0.25) is 0 Å². The Bertz CT molecular complexity index is 1750. The Morgan fingerprint density at radius 3 is 2.24 bits per heavy atom. The molecular weight excluding hydrogens is 450 g/mol. The molecule has 0 radical (unpaired) electrons. The zero-order valence-electron chi connectivity index (χ0n) is 21.7. The predicted octanol–water partition coefficient (Wildman–Crippen LogP) is 8.12. The van der Waals surface area contributed by atoms with Crippen molar-refractivity contribution >= 4 is 45.0 Å². The van der Waals surface area contributed by atoms with E-state index >= 15 is 0 Å². The molecule has 37 heavy (non-hydrogen) atoms. The molecule has 6 rings (SSSR count). The van der Waals surface area contributed by atoms with Crippen LogP contribution in [0.4, 0.5) is 5.69 Å². The van der Waals surface area contributed by atoms with Crippen molar-refractivity contribution in [1.82, 2.24) is 0 Å². The van der Waals surface area contributed by atoms with Crippen LogP contribution in [0.5, 0.6) is 0 Å². The maximum atomic E-state index is 10.1. The van der Waals surface area contributed by atoms with Crippen molar-refractivity contribution in [3.63, 3.8) is 0 Å². The molecule has 0 atom stereocenters. The molecule has 0 saturated carbocycles. The molecule has 4 aromatic rings. The average Bonchev–Trinajstić information content (AvgIpc) is 2.89. The molecule has 2 aliphatic rings. The van der Waals surface area contributed by atoms with Crippen LogP contribution >= 0.6 is 0 Å². The van der Waals surface area contributed by atoms with Gasteiger partial charge in [0.1, 0.15) is 12.1 Å². The van der Waals surface area contributed by atoms with Crippen molar-refractivity contribution in [3.8, 4) is 12.1 Å². The summed E-state index contributed by atoms with van der Waals surface area (Å²) in [5.74, 6) is 0. The van der Waals surface area contributed by atoms with Gasteiger partial charge in [0.25, 0.3) is 0 Å². The summed E-state index contributed by atoms with van der Waals surface area (Å²) in [6.45, 7) is 13.2. The Morgan fingerprint density at radius 1 is 0.838 bits per heavy atom. The number of hydrogen-bond acceptors (Lipinski definition) is 3. The zero-order chi connectivity index (χ0) is 25.9. The van der Waals surface area contributed by atoms with Gasteiger partial charge in [0, 0.05) is 45.9 Å². The SMILES string of the molecule is C=C1CCN2CCC(C)(C)c3cc(C=Cc4ccc5c(C#N)c6cc(C)ccc6c(C#N)c5c4)cc1c32. The van der Waals surface area contributed by atoms with Crippen molar-refractivity contribution in [2.45, 2.75) is 39.0 Å². The van der Waals surface area contributed by atoms with Crippen LogP contribution in [0, 0.1) is 29.6 Å². The van der Waals surface area contributed by atoms with Crippen LogP contribution in [0.15, 0.2) is 55.1 Å². The normalized spacial score (nSPS) is 16.1. The summed E-state index contributed by atoms with van der Waals surface area (Å²) in [6.07, 6.45) is 6.43. The fourth-order valence-corrected chi connectivity index (χ4v) is 6.07.